The number of likely N-dealkylation sites (tertiary alicyclic amines) is 1. The van der Waals surface area contributed by atoms with Gasteiger partial charge in [-0.05, 0) is 43.9 Å². The lowest BCUT2D eigenvalue weighted by atomic mass is 10.1. The van der Waals surface area contributed by atoms with E-state index in [4.69, 9.17) is 9.47 Å². The Kier molecular flexibility index (Phi) is 13.8. The van der Waals surface area contributed by atoms with Crippen molar-refractivity contribution in [3.63, 3.8) is 0 Å². The lowest BCUT2D eigenvalue weighted by Gasteiger charge is -2.31. The van der Waals surface area contributed by atoms with E-state index in [0.717, 1.165) is 70.3 Å². The second-order valence-electron chi connectivity index (χ2n) is 7.91. The maximum Gasteiger partial charge on any atom is 0.191 e. The van der Waals surface area contributed by atoms with Crippen LogP contribution in [0, 0.1) is 0 Å². The maximum atomic E-state index is 6.11. The molecule has 182 valence electrons. The minimum absolute atomic E-state index is 0. The molecule has 1 aliphatic heterocycles. The van der Waals surface area contributed by atoms with E-state index >= 15 is 0 Å². The molecule has 1 aromatic heterocycles. The van der Waals surface area contributed by atoms with Crippen LogP contribution in [-0.4, -0.2) is 67.9 Å². The summed E-state index contributed by atoms with van der Waals surface area (Å²) in [5.74, 6) is 1.59. The Labute approximate surface area is 215 Å². The fraction of sp³-hybridized carbons (Fsp3) is 0.520. The zero-order chi connectivity index (χ0) is 22.3. The molecule has 8 heteroatoms. The first-order chi connectivity index (χ1) is 15.8. The van der Waals surface area contributed by atoms with Gasteiger partial charge in [0.1, 0.15) is 12.4 Å². The third-order valence-corrected chi connectivity index (χ3v) is 5.35. The predicted molar refractivity (Wildman–Crippen MR) is 144 cm³/mol. The highest BCUT2D eigenvalue weighted by atomic mass is 127. The lowest BCUT2D eigenvalue weighted by Crippen LogP contribution is -2.39. The summed E-state index contributed by atoms with van der Waals surface area (Å²) in [5, 5.41) is 6.57. The highest BCUT2D eigenvalue weighted by molar-refractivity contribution is 14.0. The molecule has 0 spiro atoms. The number of hydrogen-bond donors (Lipinski definition) is 2. The number of halogens is 1. The van der Waals surface area contributed by atoms with E-state index in [0.29, 0.717) is 19.3 Å². The summed E-state index contributed by atoms with van der Waals surface area (Å²) < 4.78 is 11.8. The van der Waals surface area contributed by atoms with Crippen LogP contribution < -0.4 is 15.4 Å². The Morgan fingerprint density at radius 3 is 2.64 bits per heavy atom. The van der Waals surface area contributed by atoms with Crippen molar-refractivity contribution in [2.24, 2.45) is 4.99 Å². The Bertz CT molecular complexity index is 771. The molecule has 1 saturated heterocycles. The first-order valence-corrected chi connectivity index (χ1v) is 11.8. The molecule has 2 aromatic rings. The number of nitrogens with zero attached hydrogens (tertiary/aromatic N) is 3. The Hall–Kier alpha value is -1.91. The van der Waals surface area contributed by atoms with Crippen LogP contribution >= 0.6 is 24.0 Å². The third kappa shape index (κ3) is 11.2. The molecule has 0 bridgehead atoms. The minimum Gasteiger partial charge on any atom is -0.490 e. The summed E-state index contributed by atoms with van der Waals surface area (Å²) in [5.41, 5.74) is 1.39. The van der Waals surface area contributed by atoms with E-state index in [2.05, 4.69) is 62.8 Å². The molecule has 0 aliphatic carbocycles. The molecule has 0 amide bonds. The standard InChI is InChI=1S/C25H37N5O2.HI/c1-2-27-25(29-15-19-32-24-10-6-13-26-20-24)28-14-7-18-31-23-11-16-30(17-12-23)21-22-8-4-3-5-9-22;/h3-6,8-10,13,20,23H,2,7,11-12,14-19,21H2,1H3,(H2,27,28,29);1H. The first-order valence-electron chi connectivity index (χ1n) is 11.8. The van der Waals surface area contributed by atoms with Crippen molar-refractivity contribution in [3.05, 3.63) is 60.4 Å². The van der Waals surface area contributed by atoms with Crippen molar-refractivity contribution >= 4 is 29.9 Å². The molecule has 0 atom stereocenters. The van der Waals surface area contributed by atoms with Crippen LogP contribution in [0.25, 0.3) is 0 Å². The van der Waals surface area contributed by atoms with Gasteiger partial charge in [-0.1, -0.05) is 30.3 Å². The quantitative estimate of drug-likeness (QED) is 0.177. The second kappa shape index (κ2) is 16.7. The van der Waals surface area contributed by atoms with Crippen LogP contribution in [0.1, 0.15) is 31.7 Å². The Morgan fingerprint density at radius 2 is 1.91 bits per heavy atom. The van der Waals surface area contributed by atoms with Gasteiger partial charge in [0, 0.05) is 45.5 Å². The molecule has 0 saturated carbocycles. The molecule has 7 nitrogen and oxygen atoms in total. The molecule has 1 aromatic carbocycles. The SMILES string of the molecule is CCNC(=NCCCOC1CCN(Cc2ccccc2)CC1)NCCOc1cccnc1.I. The van der Waals surface area contributed by atoms with Gasteiger partial charge in [0.05, 0.1) is 18.8 Å². The number of benzene rings is 1. The summed E-state index contributed by atoms with van der Waals surface area (Å²) in [6.45, 7) is 8.88. The van der Waals surface area contributed by atoms with Gasteiger partial charge in [0.2, 0.25) is 0 Å². The largest absolute Gasteiger partial charge is 0.490 e. The minimum atomic E-state index is 0. The van der Waals surface area contributed by atoms with E-state index in [-0.39, 0.29) is 24.0 Å². The van der Waals surface area contributed by atoms with Crippen molar-refractivity contribution < 1.29 is 9.47 Å². The number of rotatable bonds is 12. The van der Waals surface area contributed by atoms with Gasteiger partial charge in [0.15, 0.2) is 5.96 Å². The predicted octanol–water partition coefficient (Wildman–Crippen LogP) is 3.70. The van der Waals surface area contributed by atoms with Gasteiger partial charge in [0.25, 0.3) is 0 Å². The highest BCUT2D eigenvalue weighted by Gasteiger charge is 2.19. The van der Waals surface area contributed by atoms with E-state index in [1.165, 1.54) is 5.56 Å². The lowest BCUT2D eigenvalue weighted by molar-refractivity contribution is 0.00566. The number of guanidine groups is 1. The number of pyridine rings is 1. The Balaban J connectivity index is 0.00000385. The molecule has 0 unspecified atom stereocenters. The molecule has 3 rings (SSSR count). The molecule has 33 heavy (non-hydrogen) atoms. The average molecular weight is 568 g/mol. The van der Waals surface area contributed by atoms with Crippen molar-refractivity contribution in [2.45, 2.75) is 38.8 Å². The molecule has 2 N–H and O–H groups in total. The molecular weight excluding hydrogens is 529 g/mol. The van der Waals surface area contributed by atoms with E-state index < -0.39 is 0 Å². The van der Waals surface area contributed by atoms with Gasteiger partial charge in [-0.15, -0.1) is 24.0 Å². The smallest absolute Gasteiger partial charge is 0.191 e. The fourth-order valence-corrected chi connectivity index (χ4v) is 3.69. The number of nitrogens with one attached hydrogen (secondary N) is 2. The summed E-state index contributed by atoms with van der Waals surface area (Å²) in [6, 6.07) is 14.5. The number of piperidine rings is 1. The number of aliphatic imine (C=N–C) groups is 1. The number of hydrogen-bond acceptors (Lipinski definition) is 5. The van der Waals surface area contributed by atoms with Crippen LogP contribution in [0.2, 0.25) is 0 Å². The van der Waals surface area contributed by atoms with Crippen molar-refractivity contribution in [2.75, 3.05) is 45.9 Å². The summed E-state index contributed by atoms with van der Waals surface area (Å²) in [6.07, 6.45) is 6.97. The summed E-state index contributed by atoms with van der Waals surface area (Å²) in [7, 11) is 0. The normalized spacial score (nSPS) is 15.0. The van der Waals surface area contributed by atoms with E-state index in [1.54, 1.807) is 12.4 Å². The molecule has 0 radical (unpaired) electrons. The van der Waals surface area contributed by atoms with E-state index in [9.17, 15) is 0 Å². The van der Waals surface area contributed by atoms with Crippen molar-refractivity contribution in [1.29, 1.82) is 0 Å². The van der Waals surface area contributed by atoms with Crippen LogP contribution in [0.15, 0.2) is 59.9 Å². The van der Waals surface area contributed by atoms with Crippen molar-refractivity contribution in [1.82, 2.24) is 20.5 Å². The maximum absolute atomic E-state index is 6.11. The van der Waals surface area contributed by atoms with Crippen molar-refractivity contribution in [3.8, 4) is 5.75 Å². The van der Waals surface area contributed by atoms with Crippen LogP contribution in [0.4, 0.5) is 0 Å². The molecule has 2 heterocycles. The van der Waals surface area contributed by atoms with Gasteiger partial charge in [-0.25, -0.2) is 0 Å². The first kappa shape index (κ1) is 27.3. The van der Waals surface area contributed by atoms with Crippen LogP contribution in [-0.2, 0) is 11.3 Å². The molecular formula is C25H38IN5O2. The Morgan fingerprint density at radius 1 is 1.09 bits per heavy atom. The van der Waals surface area contributed by atoms with E-state index in [1.807, 2.05) is 12.1 Å². The topological polar surface area (TPSA) is 71.0 Å². The second-order valence-corrected chi connectivity index (χ2v) is 7.91. The zero-order valence-corrected chi connectivity index (χ0v) is 21.9. The van der Waals surface area contributed by atoms with Crippen LogP contribution in [0.5, 0.6) is 5.75 Å². The summed E-state index contributed by atoms with van der Waals surface area (Å²) >= 11 is 0. The van der Waals surface area contributed by atoms with Gasteiger partial charge in [-0.2, -0.15) is 0 Å². The third-order valence-electron chi connectivity index (χ3n) is 5.35. The molecule has 1 aliphatic rings. The number of aromatic nitrogens is 1. The number of ether oxygens (including phenoxy) is 2. The van der Waals surface area contributed by atoms with Gasteiger partial charge in [-0.3, -0.25) is 14.9 Å². The van der Waals surface area contributed by atoms with Gasteiger partial charge >= 0.3 is 0 Å². The zero-order valence-electron chi connectivity index (χ0n) is 19.6. The summed E-state index contributed by atoms with van der Waals surface area (Å²) in [4.78, 5) is 11.2. The fourth-order valence-electron chi connectivity index (χ4n) is 3.69. The van der Waals surface area contributed by atoms with Crippen LogP contribution in [0.3, 0.4) is 0 Å². The molecule has 1 fully saturated rings. The monoisotopic (exact) mass is 567 g/mol. The average Bonchev–Trinajstić information content (AvgIpc) is 2.84. The van der Waals surface area contributed by atoms with Gasteiger partial charge < -0.3 is 20.1 Å². The highest BCUT2D eigenvalue weighted by Crippen LogP contribution is 2.16.